The number of hydrogen-bond donors (Lipinski definition) is 2. The van der Waals surface area contributed by atoms with Crippen LogP contribution in [0.5, 0.6) is 11.5 Å². The van der Waals surface area contributed by atoms with E-state index in [9.17, 15) is 0 Å². The lowest BCUT2D eigenvalue weighted by Crippen LogP contribution is -2.16. The third kappa shape index (κ3) is 5.38. The first-order valence-electron chi connectivity index (χ1n) is 6.43. The average molecular weight is 332 g/mol. The molecule has 5 heteroatoms. The molecule has 0 unspecified atom stereocenters. The highest BCUT2D eigenvalue weighted by Crippen LogP contribution is 2.34. The van der Waals surface area contributed by atoms with E-state index in [2.05, 4.69) is 21.2 Å². The molecule has 0 heterocycles. The third-order valence-corrected chi connectivity index (χ3v) is 3.26. The zero-order chi connectivity index (χ0) is 14.3. The van der Waals surface area contributed by atoms with Crippen LogP contribution in [0.1, 0.15) is 25.8 Å². The fraction of sp³-hybridized carbons (Fsp3) is 0.571. The molecular formula is C14H22BrNO3. The van der Waals surface area contributed by atoms with E-state index in [0.29, 0.717) is 0 Å². The van der Waals surface area contributed by atoms with Crippen molar-refractivity contribution in [3.05, 3.63) is 22.2 Å². The summed E-state index contributed by atoms with van der Waals surface area (Å²) in [4.78, 5) is 0. The SMILES string of the molecule is COc1cc(CNCCCO)c(Br)cc1OC(C)C. The van der Waals surface area contributed by atoms with E-state index >= 15 is 0 Å². The number of aliphatic hydroxyl groups excluding tert-OH is 1. The molecule has 0 aromatic heterocycles. The number of aliphatic hydroxyl groups is 1. The van der Waals surface area contributed by atoms with E-state index in [-0.39, 0.29) is 12.7 Å². The van der Waals surface area contributed by atoms with Crippen LogP contribution in [-0.4, -0.2) is 31.5 Å². The largest absolute Gasteiger partial charge is 0.493 e. The van der Waals surface area contributed by atoms with Crippen LogP contribution in [-0.2, 0) is 6.54 Å². The summed E-state index contributed by atoms with van der Waals surface area (Å²) >= 11 is 3.54. The summed E-state index contributed by atoms with van der Waals surface area (Å²) in [6, 6.07) is 3.90. The highest BCUT2D eigenvalue weighted by atomic mass is 79.9. The standard InChI is InChI=1S/C14H22BrNO3/c1-10(2)19-14-8-12(15)11(7-13(14)18-3)9-16-5-4-6-17/h7-8,10,16-17H,4-6,9H2,1-3H3. The van der Waals surface area contributed by atoms with Crippen LogP contribution >= 0.6 is 15.9 Å². The molecule has 19 heavy (non-hydrogen) atoms. The Balaban J connectivity index is 2.77. The number of benzene rings is 1. The van der Waals surface area contributed by atoms with Gasteiger partial charge in [-0.05, 0) is 44.5 Å². The van der Waals surface area contributed by atoms with Gasteiger partial charge in [0.2, 0.25) is 0 Å². The molecule has 1 rings (SSSR count). The number of ether oxygens (including phenoxy) is 2. The van der Waals surface area contributed by atoms with Crippen molar-refractivity contribution in [3.8, 4) is 11.5 Å². The molecule has 2 N–H and O–H groups in total. The Hall–Kier alpha value is -0.780. The van der Waals surface area contributed by atoms with Crippen LogP contribution in [0, 0.1) is 0 Å². The molecule has 1 aromatic rings. The van der Waals surface area contributed by atoms with E-state index in [1.54, 1.807) is 7.11 Å². The molecule has 0 amide bonds. The predicted molar refractivity (Wildman–Crippen MR) is 79.9 cm³/mol. The van der Waals surface area contributed by atoms with Crippen LogP contribution in [0.3, 0.4) is 0 Å². The van der Waals surface area contributed by atoms with Crippen LogP contribution in [0.15, 0.2) is 16.6 Å². The molecule has 0 aliphatic rings. The molecule has 0 spiro atoms. The zero-order valence-electron chi connectivity index (χ0n) is 11.7. The number of methoxy groups -OCH3 is 1. The van der Waals surface area contributed by atoms with Gasteiger partial charge in [-0.15, -0.1) is 0 Å². The van der Waals surface area contributed by atoms with Gasteiger partial charge in [-0.2, -0.15) is 0 Å². The van der Waals surface area contributed by atoms with E-state index < -0.39 is 0 Å². The van der Waals surface area contributed by atoms with Gasteiger partial charge < -0.3 is 19.9 Å². The summed E-state index contributed by atoms with van der Waals surface area (Å²) in [5, 5.41) is 12.0. The van der Waals surface area contributed by atoms with Crippen molar-refractivity contribution in [2.75, 3.05) is 20.3 Å². The number of halogens is 1. The number of nitrogens with one attached hydrogen (secondary N) is 1. The van der Waals surface area contributed by atoms with Crippen molar-refractivity contribution in [2.24, 2.45) is 0 Å². The van der Waals surface area contributed by atoms with E-state index in [1.165, 1.54) is 0 Å². The van der Waals surface area contributed by atoms with Crippen molar-refractivity contribution in [1.29, 1.82) is 0 Å². The smallest absolute Gasteiger partial charge is 0.162 e. The van der Waals surface area contributed by atoms with Gasteiger partial charge in [0.1, 0.15) is 0 Å². The van der Waals surface area contributed by atoms with Crippen molar-refractivity contribution >= 4 is 15.9 Å². The Bertz CT molecular complexity index is 397. The number of hydrogen-bond acceptors (Lipinski definition) is 4. The zero-order valence-corrected chi connectivity index (χ0v) is 13.3. The van der Waals surface area contributed by atoms with Gasteiger partial charge >= 0.3 is 0 Å². The summed E-state index contributed by atoms with van der Waals surface area (Å²) in [6.07, 6.45) is 0.859. The topological polar surface area (TPSA) is 50.7 Å². The third-order valence-electron chi connectivity index (χ3n) is 2.52. The lowest BCUT2D eigenvalue weighted by atomic mass is 10.2. The fourth-order valence-electron chi connectivity index (χ4n) is 1.65. The van der Waals surface area contributed by atoms with Gasteiger partial charge in [0.25, 0.3) is 0 Å². The maximum atomic E-state index is 8.73. The normalized spacial score (nSPS) is 10.8. The van der Waals surface area contributed by atoms with Gasteiger partial charge in [0.15, 0.2) is 11.5 Å². The molecule has 0 fully saturated rings. The van der Waals surface area contributed by atoms with Crippen LogP contribution in [0.2, 0.25) is 0 Å². The molecule has 0 saturated carbocycles. The maximum absolute atomic E-state index is 8.73. The quantitative estimate of drug-likeness (QED) is 0.719. The van der Waals surface area contributed by atoms with Gasteiger partial charge in [-0.1, -0.05) is 15.9 Å². The highest BCUT2D eigenvalue weighted by molar-refractivity contribution is 9.10. The Kier molecular flexibility index (Phi) is 7.20. The number of rotatable bonds is 8. The lowest BCUT2D eigenvalue weighted by Gasteiger charge is -2.16. The summed E-state index contributed by atoms with van der Waals surface area (Å²) in [7, 11) is 1.64. The minimum atomic E-state index is 0.106. The van der Waals surface area contributed by atoms with Gasteiger partial charge in [-0.25, -0.2) is 0 Å². The highest BCUT2D eigenvalue weighted by Gasteiger charge is 2.11. The van der Waals surface area contributed by atoms with Crippen LogP contribution < -0.4 is 14.8 Å². The molecule has 4 nitrogen and oxygen atoms in total. The second-order valence-corrected chi connectivity index (χ2v) is 5.37. The van der Waals surface area contributed by atoms with Crippen molar-refractivity contribution in [3.63, 3.8) is 0 Å². The second-order valence-electron chi connectivity index (χ2n) is 4.52. The second kappa shape index (κ2) is 8.40. The molecule has 1 aromatic carbocycles. The fourth-order valence-corrected chi connectivity index (χ4v) is 2.11. The minimum Gasteiger partial charge on any atom is -0.493 e. The molecular weight excluding hydrogens is 310 g/mol. The molecule has 0 radical (unpaired) electrons. The average Bonchev–Trinajstić information content (AvgIpc) is 2.36. The minimum absolute atomic E-state index is 0.106. The van der Waals surface area contributed by atoms with Crippen molar-refractivity contribution in [2.45, 2.75) is 32.9 Å². The van der Waals surface area contributed by atoms with Crippen molar-refractivity contribution < 1.29 is 14.6 Å². The first-order valence-corrected chi connectivity index (χ1v) is 7.22. The van der Waals surface area contributed by atoms with E-state index in [1.807, 2.05) is 26.0 Å². The van der Waals surface area contributed by atoms with E-state index in [0.717, 1.165) is 41.0 Å². The Labute approximate surface area is 123 Å². The summed E-state index contributed by atoms with van der Waals surface area (Å²) < 4.78 is 12.0. The van der Waals surface area contributed by atoms with Crippen molar-refractivity contribution in [1.82, 2.24) is 5.32 Å². The Morgan fingerprint density at radius 2 is 2.05 bits per heavy atom. The van der Waals surface area contributed by atoms with Gasteiger partial charge in [0, 0.05) is 17.6 Å². The maximum Gasteiger partial charge on any atom is 0.162 e. The molecule has 108 valence electrons. The first-order chi connectivity index (χ1) is 9.08. The van der Waals surface area contributed by atoms with Crippen LogP contribution in [0.4, 0.5) is 0 Å². The predicted octanol–water partition coefficient (Wildman–Crippen LogP) is 2.72. The lowest BCUT2D eigenvalue weighted by molar-refractivity contribution is 0.230. The molecule has 0 aliphatic carbocycles. The molecule has 0 bridgehead atoms. The summed E-state index contributed by atoms with van der Waals surface area (Å²) in [6.45, 7) is 5.68. The Morgan fingerprint density at radius 3 is 2.63 bits per heavy atom. The van der Waals surface area contributed by atoms with E-state index in [4.69, 9.17) is 14.6 Å². The summed E-state index contributed by atoms with van der Waals surface area (Å²) in [5.74, 6) is 1.47. The monoisotopic (exact) mass is 331 g/mol. The molecule has 0 atom stereocenters. The van der Waals surface area contributed by atoms with Crippen LogP contribution in [0.25, 0.3) is 0 Å². The van der Waals surface area contributed by atoms with Gasteiger partial charge in [0.05, 0.1) is 13.2 Å². The Morgan fingerprint density at radius 1 is 1.32 bits per heavy atom. The molecule has 0 aliphatic heterocycles. The van der Waals surface area contributed by atoms with Gasteiger partial charge in [-0.3, -0.25) is 0 Å². The molecule has 0 saturated heterocycles. The first kappa shape index (κ1) is 16.3. The summed E-state index contributed by atoms with van der Waals surface area (Å²) in [5.41, 5.74) is 1.10.